The Morgan fingerprint density at radius 2 is 1.85 bits per heavy atom. The SMILES string of the molecule is CCc1cc2cc(-c3ccc(C#N)cc3)ccc2o1.C[C@@H]1CCCN1C. The Labute approximate surface area is 155 Å². The van der Waals surface area contributed by atoms with E-state index in [1.807, 2.05) is 36.4 Å². The molecule has 3 heteroatoms. The predicted octanol–water partition coefficient (Wildman–Crippen LogP) is 5.63. The van der Waals surface area contributed by atoms with Crippen molar-refractivity contribution in [3.63, 3.8) is 0 Å². The molecule has 134 valence electrons. The van der Waals surface area contributed by atoms with Gasteiger partial charge in [0.1, 0.15) is 11.3 Å². The molecule has 0 saturated carbocycles. The third-order valence-corrected chi connectivity index (χ3v) is 5.15. The third-order valence-electron chi connectivity index (χ3n) is 5.15. The molecule has 0 bridgehead atoms. The van der Waals surface area contributed by atoms with Crippen molar-refractivity contribution in [1.82, 2.24) is 4.90 Å². The molecule has 1 aliphatic rings. The van der Waals surface area contributed by atoms with E-state index in [1.54, 1.807) is 0 Å². The normalized spacial score (nSPS) is 16.9. The standard InChI is InChI=1S/C17H13NO.C6H13N/c1-2-16-10-15-9-14(7-8-17(15)19-16)13-5-3-12(11-18)4-6-13;1-6-4-3-5-7(6)2/h3-10H,2H2,1H3;6H,3-5H2,1-2H3/t;6-/m.1/s1. The Kier molecular flexibility index (Phi) is 5.75. The molecule has 0 radical (unpaired) electrons. The number of rotatable bonds is 2. The Morgan fingerprint density at radius 3 is 2.38 bits per heavy atom. The maximum absolute atomic E-state index is 8.81. The zero-order chi connectivity index (χ0) is 18.5. The molecule has 1 aromatic heterocycles. The summed E-state index contributed by atoms with van der Waals surface area (Å²) in [4.78, 5) is 2.40. The van der Waals surface area contributed by atoms with Crippen molar-refractivity contribution in [3.8, 4) is 17.2 Å². The smallest absolute Gasteiger partial charge is 0.134 e. The highest BCUT2D eigenvalue weighted by atomic mass is 16.3. The van der Waals surface area contributed by atoms with Gasteiger partial charge >= 0.3 is 0 Å². The maximum atomic E-state index is 8.81. The predicted molar refractivity (Wildman–Crippen MR) is 107 cm³/mol. The van der Waals surface area contributed by atoms with Gasteiger partial charge in [0.15, 0.2) is 0 Å². The number of likely N-dealkylation sites (tertiary alicyclic amines) is 1. The largest absolute Gasteiger partial charge is 0.461 e. The summed E-state index contributed by atoms with van der Waals surface area (Å²) in [6.07, 6.45) is 3.70. The summed E-state index contributed by atoms with van der Waals surface area (Å²) in [5, 5.41) is 9.93. The molecule has 26 heavy (non-hydrogen) atoms. The van der Waals surface area contributed by atoms with Crippen LogP contribution in [0.15, 0.2) is 52.9 Å². The fourth-order valence-corrected chi connectivity index (χ4v) is 3.27. The number of aryl methyl sites for hydroxylation is 1. The highest BCUT2D eigenvalue weighted by Gasteiger charge is 2.14. The summed E-state index contributed by atoms with van der Waals surface area (Å²) in [6, 6.07) is 18.9. The molecule has 4 rings (SSSR count). The third kappa shape index (κ3) is 4.15. The van der Waals surface area contributed by atoms with E-state index in [0.717, 1.165) is 40.3 Å². The molecule has 0 unspecified atom stereocenters. The van der Waals surface area contributed by atoms with Gasteiger partial charge in [-0.05, 0) is 74.8 Å². The lowest BCUT2D eigenvalue weighted by Gasteiger charge is -2.12. The number of hydrogen-bond donors (Lipinski definition) is 0. The molecule has 1 saturated heterocycles. The lowest BCUT2D eigenvalue weighted by Crippen LogP contribution is -2.20. The van der Waals surface area contributed by atoms with Crippen molar-refractivity contribution >= 4 is 11.0 Å². The van der Waals surface area contributed by atoms with E-state index in [0.29, 0.717) is 5.56 Å². The summed E-state index contributed by atoms with van der Waals surface area (Å²) in [5.74, 6) is 1.01. The van der Waals surface area contributed by atoms with Crippen LogP contribution in [0.25, 0.3) is 22.1 Å². The minimum atomic E-state index is 0.682. The van der Waals surface area contributed by atoms with Crippen LogP contribution in [0, 0.1) is 11.3 Å². The Hall–Kier alpha value is -2.57. The van der Waals surface area contributed by atoms with Crippen molar-refractivity contribution < 1.29 is 4.42 Å². The van der Waals surface area contributed by atoms with Crippen LogP contribution < -0.4 is 0 Å². The Morgan fingerprint density at radius 1 is 1.12 bits per heavy atom. The summed E-state index contributed by atoms with van der Waals surface area (Å²) in [7, 11) is 2.19. The highest BCUT2D eigenvalue weighted by molar-refractivity contribution is 5.84. The van der Waals surface area contributed by atoms with Crippen LogP contribution in [0.5, 0.6) is 0 Å². The van der Waals surface area contributed by atoms with Crippen LogP contribution in [-0.2, 0) is 6.42 Å². The minimum Gasteiger partial charge on any atom is -0.461 e. The summed E-state index contributed by atoms with van der Waals surface area (Å²) in [5.41, 5.74) is 3.86. The maximum Gasteiger partial charge on any atom is 0.134 e. The van der Waals surface area contributed by atoms with Gasteiger partial charge in [-0.1, -0.05) is 25.1 Å². The van der Waals surface area contributed by atoms with Gasteiger partial charge in [0.25, 0.3) is 0 Å². The number of hydrogen-bond acceptors (Lipinski definition) is 3. The molecule has 0 N–H and O–H groups in total. The molecular formula is C23H26N2O. The molecule has 2 aromatic carbocycles. The first kappa shape index (κ1) is 18.2. The number of benzene rings is 2. The number of fused-ring (bicyclic) bond motifs is 1. The van der Waals surface area contributed by atoms with Crippen molar-refractivity contribution in [2.75, 3.05) is 13.6 Å². The van der Waals surface area contributed by atoms with Crippen molar-refractivity contribution in [2.45, 2.75) is 39.2 Å². The van der Waals surface area contributed by atoms with Gasteiger partial charge in [0.05, 0.1) is 11.6 Å². The molecule has 0 aliphatic carbocycles. The monoisotopic (exact) mass is 346 g/mol. The second kappa shape index (κ2) is 8.21. The molecule has 3 nitrogen and oxygen atoms in total. The molecule has 3 aromatic rings. The van der Waals surface area contributed by atoms with E-state index in [1.165, 1.54) is 19.4 Å². The highest BCUT2D eigenvalue weighted by Crippen LogP contribution is 2.27. The van der Waals surface area contributed by atoms with Gasteiger partial charge in [-0.3, -0.25) is 0 Å². The molecule has 0 amide bonds. The number of nitrogens with zero attached hydrogens (tertiary/aromatic N) is 2. The first-order valence-corrected chi connectivity index (χ1v) is 9.34. The average molecular weight is 346 g/mol. The molecule has 1 aliphatic heterocycles. The van der Waals surface area contributed by atoms with Gasteiger partial charge in [-0.2, -0.15) is 5.26 Å². The molecule has 2 heterocycles. The van der Waals surface area contributed by atoms with E-state index in [2.05, 4.69) is 44.0 Å². The first-order chi connectivity index (χ1) is 12.6. The van der Waals surface area contributed by atoms with E-state index in [4.69, 9.17) is 9.68 Å². The minimum absolute atomic E-state index is 0.682. The zero-order valence-corrected chi connectivity index (χ0v) is 15.8. The molecule has 0 spiro atoms. The van der Waals surface area contributed by atoms with E-state index in [9.17, 15) is 0 Å². The van der Waals surface area contributed by atoms with E-state index < -0.39 is 0 Å². The summed E-state index contributed by atoms with van der Waals surface area (Å²) >= 11 is 0. The topological polar surface area (TPSA) is 40.2 Å². The van der Waals surface area contributed by atoms with E-state index in [-0.39, 0.29) is 0 Å². The number of nitriles is 1. The lowest BCUT2D eigenvalue weighted by atomic mass is 10.0. The second-order valence-electron chi connectivity index (χ2n) is 6.98. The van der Waals surface area contributed by atoms with Gasteiger partial charge in [0.2, 0.25) is 0 Å². The average Bonchev–Trinajstić information content (AvgIpc) is 3.27. The van der Waals surface area contributed by atoms with Crippen molar-refractivity contribution in [2.24, 2.45) is 0 Å². The Bertz CT molecular complexity index is 894. The quantitative estimate of drug-likeness (QED) is 0.603. The molecule has 1 atom stereocenters. The van der Waals surface area contributed by atoms with Crippen LogP contribution in [0.4, 0.5) is 0 Å². The summed E-state index contributed by atoms with van der Waals surface area (Å²) < 4.78 is 5.70. The van der Waals surface area contributed by atoms with Gasteiger partial charge in [0, 0.05) is 17.8 Å². The Balaban J connectivity index is 0.000000236. The van der Waals surface area contributed by atoms with Crippen molar-refractivity contribution in [3.05, 3.63) is 59.9 Å². The van der Waals surface area contributed by atoms with Crippen molar-refractivity contribution in [1.29, 1.82) is 5.26 Å². The number of furan rings is 1. The lowest BCUT2D eigenvalue weighted by molar-refractivity contribution is 0.331. The zero-order valence-electron chi connectivity index (χ0n) is 15.8. The van der Waals surface area contributed by atoms with Crippen LogP contribution in [-0.4, -0.2) is 24.5 Å². The summed E-state index contributed by atoms with van der Waals surface area (Å²) in [6.45, 7) is 5.67. The van der Waals surface area contributed by atoms with Gasteiger partial charge in [-0.15, -0.1) is 0 Å². The van der Waals surface area contributed by atoms with Crippen LogP contribution in [0.3, 0.4) is 0 Å². The molecular weight excluding hydrogens is 320 g/mol. The fourth-order valence-electron chi connectivity index (χ4n) is 3.27. The van der Waals surface area contributed by atoms with Crippen LogP contribution in [0.2, 0.25) is 0 Å². The first-order valence-electron chi connectivity index (χ1n) is 9.34. The van der Waals surface area contributed by atoms with Crippen LogP contribution in [0.1, 0.15) is 38.0 Å². The molecule has 1 fully saturated rings. The van der Waals surface area contributed by atoms with Crippen LogP contribution >= 0.6 is 0 Å². The van der Waals surface area contributed by atoms with Gasteiger partial charge < -0.3 is 9.32 Å². The van der Waals surface area contributed by atoms with E-state index >= 15 is 0 Å². The van der Waals surface area contributed by atoms with Gasteiger partial charge in [-0.25, -0.2) is 0 Å². The fraction of sp³-hybridized carbons (Fsp3) is 0.348. The second-order valence-corrected chi connectivity index (χ2v) is 6.98.